The van der Waals surface area contributed by atoms with E-state index in [-0.39, 0.29) is 11.6 Å². The number of aromatic nitrogens is 1. The summed E-state index contributed by atoms with van der Waals surface area (Å²) in [6.45, 7) is 2.15. The van der Waals surface area contributed by atoms with Crippen LogP contribution in [0.5, 0.6) is 11.6 Å². The lowest BCUT2D eigenvalue weighted by molar-refractivity contribution is 0.0995. The number of carbonyl (C=O) groups is 1. The maximum absolute atomic E-state index is 12.2. The summed E-state index contributed by atoms with van der Waals surface area (Å²) in [5.74, 6) is 0.198. The molecular formula is C21H23N3O3. The Morgan fingerprint density at radius 3 is 2.63 bits per heavy atom. The molecule has 3 rings (SSSR count). The number of unbranched alkanes of at least 4 members (excludes halogenated alkanes) is 2. The first-order valence-electron chi connectivity index (χ1n) is 9.07. The molecule has 0 spiro atoms. The van der Waals surface area contributed by atoms with Gasteiger partial charge < -0.3 is 14.8 Å². The molecule has 140 valence electrons. The molecule has 0 aliphatic heterocycles. The minimum atomic E-state index is -0.457. The number of aromatic hydroxyl groups is 1. The van der Waals surface area contributed by atoms with Crippen LogP contribution in [0.4, 0.5) is 5.69 Å². The number of H-pyrrole nitrogens is 1. The second kappa shape index (κ2) is 8.49. The molecule has 1 heterocycles. The zero-order chi connectivity index (χ0) is 19.2. The number of aryl methyl sites for hydroxylation is 1. The predicted octanol–water partition coefficient (Wildman–Crippen LogP) is 5.54. The van der Waals surface area contributed by atoms with Gasteiger partial charge in [-0.05, 0) is 37.1 Å². The van der Waals surface area contributed by atoms with E-state index < -0.39 is 5.91 Å². The van der Waals surface area contributed by atoms with E-state index in [0.717, 1.165) is 42.5 Å². The number of hydrogen-bond donors (Lipinski definition) is 2. The maximum Gasteiger partial charge on any atom is 0.295 e. The van der Waals surface area contributed by atoms with E-state index in [4.69, 9.17) is 4.74 Å². The molecule has 2 N–H and O–H groups in total. The Labute approximate surface area is 157 Å². The number of azo groups is 1. The first kappa shape index (κ1) is 18.6. The molecule has 6 heteroatoms. The largest absolute Gasteiger partial charge is 0.496 e. The molecule has 0 saturated heterocycles. The van der Waals surface area contributed by atoms with Crippen molar-refractivity contribution in [3.8, 4) is 11.6 Å². The summed E-state index contributed by atoms with van der Waals surface area (Å²) in [5.41, 5.74) is 2.47. The molecule has 0 unspecified atom stereocenters. The molecule has 2 aromatic carbocycles. The van der Waals surface area contributed by atoms with Gasteiger partial charge in [0.25, 0.3) is 5.91 Å². The summed E-state index contributed by atoms with van der Waals surface area (Å²) in [6.07, 6.45) is 4.09. The van der Waals surface area contributed by atoms with Crippen LogP contribution in [0.3, 0.4) is 0 Å². The van der Waals surface area contributed by atoms with Crippen LogP contribution in [0.15, 0.2) is 52.7 Å². The lowest BCUT2D eigenvalue weighted by atomic mass is 10.0. The number of amides is 1. The minimum absolute atomic E-state index is 0.111. The highest BCUT2D eigenvalue weighted by atomic mass is 16.5. The summed E-state index contributed by atoms with van der Waals surface area (Å²) < 4.78 is 5.48. The summed E-state index contributed by atoms with van der Waals surface area (Å²) in [7, 11) is 1.63. The third kappa shape index (κ3) is 4.00. The van der Waals surface area contributed by atoms with Crippen LogP contribution in [0.25, 0.3) is 10.9 Å². The Kier molecular flexibility index (Phi) is 5.86. The van der Waals surface area contributed by atoms with Gasteiger partial charge in [0.15, 0.2) is 5.69 Å². The Hall–Kier alpha value is -3.15. The fourth-order valence-electron chi connectivity index (χ4n) is 3.10. The maximum atomic E-state index is 12.2. The molecule has 1 amide bonds. The highest BCUT2D eigenvalue weighted by Crippen LogP contribution is 2.40. The normalized spacial score (nSPS) is 11.3. The van der Waals surface area contributed by atoms with E-state index in [2.05, 4.69) is 22.1 Å². The first-order chi connectivity index (χ1) is 13.2. The van der Waals surface area contributed by atoms with Gasteiger partial charge in [-0.3, -0.25) is 4.79 Å². The van der Waals surface area contributed by atoms with E-state index in [0.29, 0.717) is 10.9 Å². The number of rotatable bonds is 7. The van der Waals surface area contributed by atoms with Gasteiger partial charge >= 0.3 is 0 Å². The molecule has 0 aliphatic rings. The lowest BCUT2D eigenvalue weighted by Crippen LogP contribution is -1.94. The van der Waals surface area contributed by atoms with E-state index in [1.54, 1.807) is 31.4 Å². The number of nitrogens with zero attached hydrogens (tertiary/aromatic N) is 2. The monoisotopic (exact) mass is 365 g/mol. The second-order valence-corrected chi connectivity index (χ2v) is 6.32. The van der Waals surface area contributed by atoms with Crippen molar-refractivity contribution < 1.29 is 14.6 Å². The molecule has 0 saturated carbocycles. The van der Waals surface area contributed by atoms with Gasteiger partial charge in [0, 0.05) is 16.5 Å². The number of ether oxygens (including phenoxy) is 1. The number of fused-ring (bicyclic) bond motifs is 1. The van der Waals surface area contributed by atoms with Crippen molar-refractivity contribution in [2.45, 2.75) is 32.6 Å². The van der Waals surface area contributed by atoms with Crippen LogP contribution in [0.1, 0.15) is 42.1 Å². The number of nitrogens with one attached hydrogen (secondary N) is 1. The van der Waals surface area contributed by atoms with Crippen molar-refractivity contribution >= 4 is 22.5 Å². The van der Waals surface area contributed by atoms with Gasteiger partial charge in [0.05, 0.1) is 12.6 Å². The van der Waals surface area contributed by atoms with Crippen molar-refractivity contribution in [1.29, 1.82) is 0 Å². The highest BCUT2D eigenvalue weighted by molar-refractivity contribution is 5.98. The van der Waals surface area contributed by atoms with E-state index in [9.17, 15) is 9.90 Å². The van der Waals surface area contributed by atoms with Gasteiger partial charge in [-0.15, -0.1) is 10.2 Å². The summed E-state index contributed by atoms with van der Waals surface area (Å²) in [4.78, 5) is 15.1. The molecule has 0 bridgehead atoms. The smallest absolute Gasteiger partial charge is 0.295 e. The average molecular weight is 365 g/mol. The van der Waals surface area contributed by atoms with Crippen molar-refractivity contribution in [2.24, 2.45) is 10.2 Å². The van der Waals surface area contributed by atoms with Crippen LogP contribution in [0.2, 0.25) is 0 Å². The molecule has 6 nitrogen and oxygen atoms in total. The number of hydrogen-bond acceptors (Lipinski definition) is 4. The lowest BCUT2D eigenvalue weighted by Gasteiger charge is -2.09. The minimum Gasteiger partial charge on any atom is -0.496 e. The van der Waals surface area contributed by atoms with Crippen LogP contribution >= 0.6 is 0 Å². The zero-order valence-electron chi connectivity index (χ0n) is 15.5. The third-order valence-corrected chi connectivity index (χ3v) is 4.50. The molecule has 1 aromatic heterocycles. The molecule has 3 aromatic rings. The van der Waals surface area contributed by atoms with E-state index in [1.165, 1.54) is 0 Å². The average Bonchev–Trinajstić information content (AvgIpc) is 3.02. The topological polar surface area (TPSA) is 87.0 Å². The third-order valence-electron chi connectivity index (χ3n) is 4.50. The Balaban J connectivity index is 1.97. The van der Waals surface area contributed by atoms with Crippen LogP contribution in [0, 0.1) is 0 Å². The van der Waals surface area contributed by atoms with Crippen LogP contribution in [-0.2, 0) is 6.42 Å². The SMILES string of the molecule is CCCCCc1c(OC)ccc2c(N=NC(=O)c3ccccc3)c(O)[nH]c12. The predicted molar refractivity (Wildman–Crippen MR) is 105 cm³/mol. The quantitative estimate of drug-likeness (QED) is 0.426. The molecule has 27 heavy (non-hydrogen) atoms. The molecule has 0 radical (unpaired) electrons. The van der Waals surface area contributed by atoms with E-state index in [1.807, 2.05) is 18.2 Å². The van der Waals surface area contributed by atoms with Gasteiger partial charge in [-0.25, -0.2) is 0 Å². The number of aromatic amines is 1. The Morgan fingerprint density at radius 1 is 1.15 bits per heavy atom. The Bertz CT molecular complexity index is 962. The fourth-order valence-corrected chi connectivity index (χ4v) is 3.10. The van der Waals surface area contributed by atoms with Gasteiger partial charge in [-0.1, -0.05) is 38.0 Å². The highest BCUT2D eigenvalue weighted by Gasteiger charge is 2.17. The number of methoxy groups -OCH3 is 1. The van der Waals surface area contributed by atoms with Gasteiger partial charge in [-0.2, -0.15) is 0 Å². The zero-order valence-corrected chi connectivity index (χ0v) is 15.5. The van der Waals surface area contributed by atoms with Crippen molar-refractivity contribution in [2.75, 3.05) is 7.11 Å². The van der Waals surface area contributed by atoms with Crippen molar-refractivity contribution in [3.05, 3.63) is 53.6 Å². The van der Waals surface area contributed by atoms with Crippen molar-refractivity contribution in [1.82, 2.24) is 4.98 Å². The fraction of sp³-hybridized carbons (Fsp3) is 0.286. The van der Waals surface area contributed by atoms with Crippen LogP contribution < -0.4 is 4.74 Å². The molecule has 0 fully saturated rings. The van der Waals surface area contributed by atoms with Gasteiger partial charge in [0.2, 0.25) is 5.88 Å². The molecule has 0 atom stereocenters. The van der Waals surface area contributed by atoms with E-state index >= 15 is 0 Å². The molecular weight excluding hydrogens is 342 g/mol. The first-order valence-corrected chi connectivity index (χ1v) is 9.07. The molecule has 0 aliphatic carbocycles. The summed E-state index contributed by atoms with van der Waals surface area (Å²) in [6, 6.07) is 12.4. The summed E-state index contributed by atoms with van der Waals surface area (Å²) in [5, 5.41) is 18.8. The standard InChI is InChI=1S/C21H23N3O3/c1-3-4-6-11-15-17(27-2)13-12-16-18(15)22-21(26)19(16)23-24-20(25)14-9-7-5-8-10-14/h5,7-10,12-13,22,26H,3-4,6,11H2,1-2H3. The van der Waals surface area contributed by atoms with Crippen LogP contribution in [-0.4, -0.2) is 23.1 Å². The van der Waals surface area contributed by atoms with Gasteiger partial charge in [0.1, 0.15) is 5.75 Å². The van der Waals surface area contributed by atoms with Crippen molar-refractivity contribution in [3.63, 3.8) is 0 Å². The Morgan fingerprint density at radius 2 is 1.93 bits per heavy atom. The second-order valence-electron chi connectivity index (χ2n) is 6.32. The number of carbonyl (C=O) groups excluding carboxylic acids is 1. The summed E-state index contributed by atoms with van der Waals surface area (Å²) >= 11 is 0. The number of benzene rings is 2.